The minimum absolute atomic E-state index is 0.439. The average molecular weight is 252 g/mol. The number of hydrogen-bond acceptors (Lipinski definition) is 5. The summed E-state index contributed by atoms with van der Waals surface area (Å²) in [6, 6.07) is -1.24. The third-order valence-corrected chi connectivity index (χ3v) is 3.99. The van der Waals surface area contributed by atoms with E-state index in [4.69, 9.17) is 5.11 Å². The Kier molecular flexibility index (Phi) is 4.66. The van der Waals surface area contributed by atoms with Gasteiger partial charge in [-0.05, 0) is 12.8 Å². The quantitative estimate of drug-likeness (QED) is 0.578. The Morgan fingerprint density at radius 2 is 2.06 bits per heavy atom. The Morgan fingerprint density at radius 1 is 1.50 bits per heavy atom. The molecule has 2 N–H and O–H groups in total. The lowest BCUT2D eigenvalue weighted by Crippen LogP contribution is -2.49. The predicted octanol–water partition coefficient (Wildman–Crippen LogP) is -1.55. The molecule has 16 heavy (non-hydrogen) atoms. The maximum Gasteiger partial charge on any atom is 0.326 e. The average Bonchev–Trinajstić information content (AvgIpc) is 2.78. The summed E-state index contributed by atoms with van der Waals surface area (Å²) < 4.78 is 31.2. The summed E-state index contributed by atoms with van der Waals surface area (Å²) in [6.07, 6.45) is 1.62. The third-order valence-electron chi connectivity index (χ3n) is 2.36. The number of rotatable bonds is 5. The Labute approximate surface area is 94.6 Å². The summed E-state index contributed by atoms with van der Waals surface area (Å²) in [5, 5.41) is 8.89. The molecule has 0 aromatic carbocycles. The lowest BCUT2D eigenvalue weighted by atomic mass is 10.3. The van der Waals surface area contributed by atoms with Crippen molar-refractivity contribution in [3.63, 3.8) is 0 Å². The second-order valence-corrected chi connectivity index (χ2v) is 5.19. The number of hydrogen-bond donors (Lipinski definition) is 2. The van der Waals surface area contributed by atoms with Crippen LogP contribution >= 0.6 is 0 Å². The van der Waals surface area contributed by atoms with Crippen molar-refractivity contribution < 1.29 is 23.1 Å². The molecule has 7 nitrogen and oxygen atoms in total. The van der Waals surface area contributed by atoms with Gasteiger partial charge in [0.25, 0.3) is 10.2 Å². The SMILES string of the molecule is COC(=O)C(CO)NS(=O)(=O)N1CCCC1. The van der Waals surface area contributed by atoms with Crippen LogP contribution in [0.3, 0.4) is 0 Å². The molecule has 1 saturated heterocycles. The molecule has 0 aromatic rings. The largest absolute Gasteiger partial charge is 0.468 e. The molecule has 0 aromatic heterocycles. The highest BCUT2D eigenvalue weighted by Crippen LogP contribution is 2.11. The van der Waals surface area contributed by atoms with Crippen LogP contribution in [0.5, 0.6) is 0 Å². The van der Waals surface area contributed by atoms with Gasteiger partial charge in [0, 0.05) is 13.1 Å². The number of aliphatic hydroxyl groups excluding tert-OH is 1. The van der Waals surface area contributed by atoms with Crippen molar-refractivity contribution in [1.82, 2.24) is 9.03 Å². The first-order valence-electron chi connectivity index (χ1n) is 4.97. The molecule has 0 aliphatic carbocycles. The minimum atomic E-state index is -3.70. The van der Waals surface area contributed by atoms with E-state index in [1.165, 1.54) is 4.31 Å². The number of aliphatic hydroxyl groups is 1. The van der Waals surface area contributed by atoms with Gasteiger partial charge in [-0.15, -0.1) is 0 Å². The molecular formula is C8H16N2O5S. The van der Waals surface area contributed by atoms with Gasteiger partial charge >= 0.3 is 5.97 Å². The van der Waals surface area contributed by atoms with Crippen LogP contribution in [-0.2, 0) is 19.7 Å². The number of nitrogens with zero attached hydrogens (tertiary/aromatic N) is 1. The fourth-order valence-corrected chi connectivity index (χ4v) is 2.90. The highest BCUT2D eigenvalue weighted by Gasteiger charge is 2.30. The highest BCUT2D eigenvalue weighted by molar-refractivity contribution is 7.87. The lowest BCUT2D eigenvalue weighted by Gasteiger charge is -2.19. The fraction of sp³-hybridized carbons (Fsp3) is 0.875. The van der Waals surface area contributed by atoms with E-state index < -0.39 is 28.8 Å². The maximum absolute atomic E-state index is 11.7. The smallest absolute Gasteiger partial charge is 0.326 e. The van der Waals surface area contributed by atoms with Gasteiger partial charge in [-0.25, -0.2) is 0 Å². The topological polar surface area (TPSA) is 95.9 Å². The molecular weight excluding hydrogens is 236 g/mol. The zero-order valence-electron chi connectivity index (χ0n) is 9.05. The number of esters is 1. The molecule has 0 amide bonds. The molecule has 0 bridgehead atoms. The van der Waals surface area contributed by atoms with E-state index in [1.54, 1.807) is 0 Å². The van der Waals surface area contributed by atoms with Crippen molar-refractivity contribution in [2.75, 3.05) is 26.8 Å². The van der Waals surface area contributed by atoms with E-state index in [1.807, 2.05) is 0 Å². The molecule has 0 spiro atoms. The van der Waals surface area contributed by atoms with Crippen molar-refractivity contribution >= 4 is 16.2 Å². The molecule has 0 saturated carbocycles. The molecule has 8 heteroatoms. The van der Waals surface area contributed by atoms with Gasteiger partial charge in [0.2, 0.25) is 0 Å². The van der Waals surface area contributed by atoms with Crippen molar-refractivity contribution in [1.29, 1.82) is 0 Å². The second-order valence-electron chi connectivity index (χ2n) is 3.49. The zero-order valence-corrected chi connectivity index (χ0v) is 9.87. The molecule has 1 aliphatic heterocycles. The van der Waals surface area contributed by atoms with E-state index >= 15 is 0 Å². The maximum atomic E-state index is 11.7. The number of nitrogens with one attached hydrogen (secondary N) is 1. The summed E-state index contributed by atoms with van der Waals surface area (Å²) in [4.78, 5) is 11.1. The molecule has 0 radical (unpaired) electrons. The third kappa shape index (κ3) is 3.14. The van der Waals surface area contributed by atoms with Crippen LogP contribution < -0.4 is 4.72 Å². The second kappa shape index (κ2) is 5.58. The van der Waals surface area contributed by atoms with E-state index in [2.05, 4.69) is 9.46 Å². The first-order valence-corrected chi connectivity index (χ1v) is 6.41. The van der Waals surface area contributed by atoms with Gasteiger partial charge in [0.1, 0.15) is 6.04 Å². The van der Waals surface area contributed by atoms with Crippen LogP contribution in [0, 0.1) is 0 Å². The summed E-state index contributed by atoms with van der Waals surface area (Å²) in [5.41, 5.74) is 0. The predicted molar refractivity (Wildman–Crippen MR) is 55.8 cm³/mol. The highest BCUT2D eigenvalue weighted by atomic mass is 32.2. The molecule has 1 fully saturated rings. The van der Waals surface area contributed by atoms with Gasteiger partial charge in [0.15, 0.2) is 0 Å². The first-order chi connectivity index (χ1) is 7.51. The molecule has 1 heterocycles. The first kappa shape index (κ1) is 13.4. The molecule has 1 atom stereocenters. The molecule has 94 valence electrons. The summed E-state index contributed by atoms with van der Waals surface area (Å²) >= 11 is 0. The number of ether oxygens (including phenoxy) is 1. The Balaban J connectivity index is 2.66. The monoisotopic (exact) mass is 252 g/mol. The van der Waals surface area contributed by atoms with Crippen molar-refractivity contribution in [2.45, 2.75) is 18.9 Å². The van der Waals surface area contributed by atoms with Gasteiger partial charge in [0.05, 0.1) is 13.7 Å². The zero-order chi connectivity index (χ0) is 12.2. The summed E-state index contributed by atoms with van der Waals surface area (Å²) in [5.74, 6) is -0.801. The number of methoxy groups -OCH3 is 1. The van der Waals surface area contributed by atoms with E-state index in [0.29, 0.717) is 13.1 Å². The lowest BCUT2D eigenvalue weighted by molar-refractivity contribution is -0.143. The van der Waals surface area contributed by atoms with E-state index in [-0.39, 0.29) is 0 Å². The molecule has 1 rings (SSSR count). The van der Waals surface area contributed by atoms with Crippen LogP contribution in [-0.4, -0.2) is 56.6 Å². The number of carbonyl (C=O) groups is 1. The standard InChI is InChI=1S/C8H16N2O5S/c1-15-8(12)7(6-11)9-16(13,14)10-4-2-3-5-10/h7,9,11H,2-6H2,1H3. The van der Waals surface area contributed by atoms with E-state index in [0.717, 1.165) is 20.0 Å². The Morgan fingerprint density at radius 3 is 2.50 bits per heavy atom. The van der Waals surface area contributed by atoms with Gasteiger partial charge in [-0.3, -0.25) is 4.79 Å². The summed E-state index contributed by atoms with van der Waals surface area (Å²) in [7, 11) is -2.57. The van der Waals surface area contributed by atoms with E-state index in [9.17, 15) is 13.2 Å². The minimum Gasteiger partial charge on any atom is -0.468 e. The Bertz CT molecular complexity index is 336. The van der Waals surface area contributed by atoms with Gasteiger partial charge in [-0.2, -0.15) is 17.4 Å². The molecule has 1 aliphatic rings. The van der Waals surface area contributed by atoms with Crippen molar-refractivity contribution in [3.05, 3.63) is 0 Å². The van der Waals surface area contributed by atoms with Gasteiger partial charge < -0.3 is 9.84 Å². The van der Waals surface area contributed by atoms with Crippen LogP contribution in [0.15, 0.2) is 0 Å². The van der Waals surface area contributed by atoms with Crippen LogP contribution in [0.2, 0.25) is 0 Å². The van der Waals surface area contributed by atoms with Crippen molar-refractivity contribution in [2.24, 2.45) is 0 Å². The summed E-state index contributed by atoms with van der Waals surface area (Å²) in [6.45, 7) is 0.253. The van der Waals surface area contributed by atoms with Crippen molar-refractivity contribution in [3.8, 4) is 0 Å². The van der Waals surface area contributed by atoms with Crippen LogP contribution in [0.4, 0.5) is 0 Å². The van der Waals surface area contributed by atoms with Crippen LogP contribution in [0.1, 0.15) is 12.8 Å². The fourth-order valence-electron chi connectivity index (χ4n) is 1.48. The van der Waals surface area contributed by atoms with Gasteiger partial charge in [-0.1, -0.05) is 0 Å². The van der Waals surface area contributed by atoms with Crippen LogP contribution in [0.25, 0.3) is 0 Å². The normalized spacial score (nSPS) is 19.6. The molecule has 1 unspecified atom stereocenters. The Hall–Kier alpha value is -0.700. The number of carbonyl (C=O) groups excluding carboxylic acids is 1.